The van der Waals surface area contributed by atoms with E-state index in [0.29, 0.717) is 5.92 Å². The number of nitrogens with one attached hydrogen (secondary N) is 1. The summed E-state index contributed by atoms with van der Waals surface area (Å²) in [4.78, 5) is 0. The van der Waals surface area contributed by atoms with Crippen LogP contribution in [0.15, 0.2) is 18.2 Å². The first-order valence-electron chi connectivity index (χ1n) is 7.19. The Balaban J connectivity index is 2.26. The highest BCUT2D eigenvalue weighted by atomic mass is 19.1. The molecule has 0 bridgehead atoms. The van der Waals surface area contributed by atoms with Gasteiger partial charge in [-0.3, -0.25) is 0 Å². The zero-order chi connectivity index (χ0) is 13.8. The van der Waals surface area contributed by atoms with E-state index < -0.39 is 0 Å². The van der Waals surface area contributed by atoms with Gasteiger partial charge in [0.2, 0.25) is 0 Å². The normalized spacial score (nSPS) is 18.3. The molecular weight excluding hydrogens is 241 g/mol. The third kappa shape index (κ3) is 3.54. The second-order valence-corrected chi connectivity index (χ2v) is 5.47. The number of ether oxygens (including phenoxy) is 1. The number of methoxy groups -OCH3 is 1. The van der Waals surface area contributed by atoms with Crippen LogP contribution in [-0.4, -0.2) is 19.8 Å². The maximum absolute atomic E-state index is 13.5. The van der Waals surface area contributed by atoms with Gasteiger partial charge in [0.25, 0.3) is 0 Å². The highest BCUT2D eigenvalue weighted by Crippen LogP contribution is 2.40. The minimum atomic E-state index is -0.172. The van der Waals surface area contributed by atoms with Gasteiger partial charge in [-0.05, 0) is 61.9 Å². The molecule has 19 heavy (non-hydrogen) atoms. The van der Waals surface area contributed by atoms with Gasteiger partial charge in [-0.2, -0.15) is 0 Å². The maximum Gasteiger partial charge on any atom is 0.123 e. The van der Waals surface area contributed by atoms with Crippen molar-refractivity contribution in [1.82, 2.24) is 5.32 Å². The van der Waals surface area contributed by atoms with Crippen molar-refractivity contribution in [3.8, 4) is 0 Å². The lowest BCUT2D eigenvalue weighted by Gasteiger charge is -2.29. The molecule has 3 heteroatoms. The van der Waals surface area contributed by atoms with Crippen molar-refractivity contribution in [2.45, 2.75) is 45.3 Å². The van der Waals surface area contributed by atoms with Gasteiger partial charge >= 0.3 is 0 Å². The summed E-state index contributed by atoms with van der Waals surface area (Å²) in [5.41, 5.74) is 2.16. The van der Waals surface area contributed by atoms with Crippen molar-refractivity contribution < 1.29 is 9.13 Å². The first-order valence-corrected chi connectivity index (χ1v) is 7.19. The molecule has 0 aliphatic heterocycles. The Hall–Kier alpha value is -0.930. The number of benzene rings is 1. The van der Waals surface area contributed by atoms with Gasteiger partial charge in [0.1, 0.15) is 5.82 Å². The topological polar surface area (TPSA) is 21.3 Å². The fourth-order valence-electron chi connectivity index (χ4n) is 2.67. The second-order valence-electron chi connectivity index (χ2n) is 5.47. The molecule has 0 saturated heterocycles. The predicted octanol–water partition coefficient (Wildman–Crippen LogP) is 3.60. The van der Waals surface area contributed by atoms with Gasteiger partial charge in [-0.25, -0.2) is 4.39 Å². The van der Waals surface area contributed by atoms with Crippen LogP contribution in [-0.2, 0) is 4.74 Å². The molecule has 0 spiro atoms. The molecule has 2 atom stereocenters. The van der Waals surface area contributed by atoms with Crippen LogP contribution in [0, 0.1) is 18.7 Å². The van der Waals surface area contributed by atoms with Gasteiger partial charge in [0, 0.05) is 7.11 Å². The van der Waals surface area contributed by atoms with Crippen LogP contribution >= 0.6 is 0 Å². The van der Waals surface area contributed by atoms with Gasteiger partial charge in [-0.1, -0.05) is 13.0 Å². The SMILES string of the molecule is CCCNC(c1cc(F)ccc1C)C(OC)C1CC1. The van der Waals surface area contributed by atoms with Gasteiger partial charge < -0.3 is 10.1 Å². The number of rotatable bonds is 7. The molecule has 1 aromatic carbocycles. The van der Waals surface area contributed by atoms with E-state index in [4.69, 9.17) is 4.74 Å². The molecule has 1 aliphatic rings. The van der Waals surface area contributed by atoms with Crippen LogP contribution in [0.3, 0.4) is 0 Å². The lowest BCUT2D eigenvalue weighted by molar-refractivity contribution is 0.0504. The molecule has 2 unspecified atom stereocenters. The van der Waals surface area contributed by atoms with Crippen molar-refractivity contribution in [2.24, 2.45) is 5.92 Å². The molecule has 1 saturated carbocycles. The van der Waals surface area contributed by atoms with Crippen LogP contribution in [0.1, 0.15) is 43.4 Å². The molecule has 0 amide bonds. The van der Waals surface area contributed by atoms with Crippen LogP contribution in [0.25, 0.3) is 0 Å². The molecule has 0 heterocycles. The van der Waals surface area contributed by atoms with E-state index in [1.165, 1.54) is 18.9 Å². The van der Waals surface area contributed by atoms with E-state index in [2.05, 4.69) is 12.2 Å². The monoisotopic (exact) mass is 265 g/mol. The standard InChI is InChI=1S/C16H24FNO/c1-4-9-18-15(16(19-3)12-6-7-12)14-10-13(17)8-5-11(14)2/h5,8,10,12,15-16,18H,4,6-7,9H2,1-3H3. The van der Waals surface area contributed by atoms with Crippen molar-refractivity contribution in [2.75, 3.05) is 13.7 Å². The van der Waals surface area contributed by atoms with Crippen LogP contribution < -0.4 is 5.32 Å². The largest absolute Gasteiger partial charge is 0.379 e. The van der Waals surface area contributed by atoms with Crippen molar-refractivity contribution in [3.63, 3.8) is 0 Å². The van der Waals surface area contributed by atoms with Crippen LogP contribution in [0.4, 0.5) is 4.39 Å². The molecular formula is C16H24FNO. The quantitative estimate of drug-likeness (QED) is 0.813. The highest BCUT2D eigenvalue weighted by molar-refractivity contribution is 5.31. The summed E-state index contributed by atoms with van der Waals surface area (Å²) in [5, 5.41) is 3.53. The Morgan fingerprint density at radius 1 is 1.42 bits per heavy atom. The fourth-order valence-corrected chi connectivity index (χ4v) is 2.67. The smallest absolute Gasteiger partial charge is 0.123 e. The first-order chi connectivity index (χ1) is 9.17. The van der Waals surface area contributed by atoms with Crippen molar-refractivity contribution in [3.05, 3.63) is 35.1 Å². The van der Waals surface area contributed by atoms with Crippen molar-refractivity contribution >= 4 is 0 Å². The summed E-state index contributed by atoms with van der Waals surface area (Å²) >= 11 is 0. The summed E-state index contributed by atoms with van der Waals surface area (Å²) in [7, 11) is 1.76. The Morgan fingerprint density at radius 2 is 2.16 bits per heavy atom. The summed E-state index contributed by atoms with van der Waals surface area (Å²) in [6.45, 7) is 5.10. The first kappa shape index (κ1) is 14.5. The zero-order valence-electron chi connectivity index (χ0n) is 12.1. The lowest BCUT2D eigenvalue weighted by atomic mass is 9.94. The summed E-state index contributed by atoms with van der Waals surface area (Å²) in [6, 6.07) is 5.12. The summed E-state index contributed by atoms with van der Waals surface area (Å²) < 4.78 is 19.2. The molecule has 2 nitrogen and oxygen atoms in total. The third-order valence-corrected chi connectivity index (χ3v) is 3.88. The van der Waals surface area contributed by atoms with E-state index in [0.717, 1.165) is 24.1 Å². The number of hydrogen-bond acceptors (Lipinski definition) is 2. The van der Waals surface area contributed by atoms with E-state index in [1.54, 1.807) is 13.2 Å². The summed E-state index contributed by atoms with van der Waals surface area (Å²) in [6.07, 6.45) is 3.65. The molecule has 1 fully saturated rings. The maximum atomic E-state index is 13.5. The Bertz CT molecular complexity index is 417. The molecule has 1 aliphatic carbocycles. The van der Waals surface area contributed by atoms with Gasteiger partial charge in [0.15, 0.2) is 0 Å². The van der Waals surface area contributed by atoms with Crippen molar-refractivity contribution in [1.29, 1.82) is 0 Å². The number of halogens is 1. The Morgan fingerprint density at radius 3 is 2.74 bits per heavy atom. The second kappa shape index (κ2) is 6.49. The Kier molecular flexibility index (Phi) is 4.94. The van der Waals surface area contributed by atoms with E-state index in [1.807, 2.05) is 13.0 Å². The summed E-state index contributed by atoms with van der Waals surface area (Å²) in [5.74, 6) is 0.441. The van der Waals surface area contributed by atoms with E-state index in [9.17, 15) is 4.39 Å². The molecule has 1 N–H and O–H groups in total. The van der Waals surface area contributed by atoms with E-state index in [-0.39, 0.29) is 18.0 Å². The average Bonchev–Trinajstić information content (AvgIpc) is 3.22. The van der Waals surface area contributed by atoms with Gasteiger partial charge in [0.05, 0.1) is 12.1 Å². The lowest BCUT2D eigenvalue weighted by Crippen LogP contribution is -2.35. The van der Waals surface area contributed by atoms with Gasteiger partial charge in [-0.15, -0.1) is 0 Å². The Labute approximate surface area is 115 Å². The third-order valence-electron chi connectivity index (χ3n) is 3.88. The minimum absolute atomic E-state index is 0.0909. The van der Waals surface area contributed by atoms with Crippen LogP contribution in [0.2, 0.25) is 0 Å². The molecule has 2 rings (SSSR count). The molecule has 1 aromatic rings. The average molecular weight is 265 g/mol. The molecule has 0 radical (unpaired) electrons. The zero-order valence-corrected chi connectivity index (χ0v) is 12.1. The van der Waals surface area contributed by atoms with Crippen LogP contribution in [0.5, 0.6) is 0 Å². The number of aryl methyl sites for hydroxylation is 1. The highest BCUT2D eigenvalue weighted by Gasteiger charge is 2.37. The predicted molar refractivity (Wildman–Crippen MR) is 75.7 cm³/mol. The van der Waals surface area contributed by atoms with E-state index >= 15 is 0 Å². The fraction of sp³-hybridized carbons (Fsp3) is 0.625. The number of hydrogen-bond donors (Lipinski definition) is 1. The molecule has 0 aromatic heterocycles. The minimum Gasteiger partial charge on any atom is -0.379 e. The molecule has 106 valence electrons.